The van der Waals surface area contributed by atoms with Gasteiger partial charge in [0.15, 0.2) is 0 Å². The maximum absolute atomic E-state index is 5.81. The summed E-state index contributed by atoms with van der Waals surface area (Å²) in [6, 6.07) is 16.2. The Balaban J connectivity index is 0.00000160. The summed E-state index contributed by atoms with van der Waals surface area (Å²) in [5, 5.41) is 6.55. The van der Waals surface area contributed by atoms with Gasteiger partial charge >= 0.3 is 0 Å². The Kier molecular flexibility index (Phi) is 9.77. The lowest BCUT2D eigenvalue weighted by Crippen LogP contribution is -2.19. The summed E-state index contributed by atoms with van der Waals surface area (Å²) in [7, 11) is 0. The number of benzene rings is 2. The molecule has 0 amide bonds. The molecule has 162 valence electrons. The fraction of sp³-hybridized carbons (Fsp3) is 0.364. The van der Waals surface area contributed by atoms with Gasteiger partial charge in [0.2, 0.25) is 0 Å². The molecule has 2 aromatic carbocycles. The molecule has 0 unspecified atom stereocenters. The van der Waals surface area contributed by atoms with Crippen LogP contribution in [-0.4, -0.2) is 51.1 Å². The smallest absolute Gasteiger partial charge is 0.128 e. The zero-order chi connectivity index (χ0) is 19.0. The van der Waals surface area contributed by atoms with Crippen LogP contribution in [-0.2, 0) is 0 Å². The number of halogens is 2. The van der Waals surface area contributed by atoms with Gasteiger partial charge in [-0.1, -0.05) is 0 Å². The van der Waals surface area contributed by atoms with Crippen LogP contribution in [0.4, 0.5) is 0 Å². The van der Waals surface area contributed by atoms with Gasteiger partial charge in [0.25, 0.3) is 0 Å². The lowest BCUT2D eigenvalue weighted by molar-refractivity contribution is 0.266. The molecule has 0 radical (unpaired) electrons. The Morgan fingerprint density at radius 1 is 0.633 bits per heavy atom. The molecular formula is C22H28Cl2N4O2. The molecular weight excluding hydrogens is 423 g/mol. The van der Waals surface area contributed by atoms with Crippen LogP contribution in [0.15, 0.2) is 58.5 Å². The number of hydrogen-bond donors (Lipinski definition) is 2. The van der Waals surface area contributed by atoms with E-state index in [1.165, 1.54) is 0 Å². The van der Waals surface area contributed by atoms with Crippen molar-refractivity contribution in [2.24, 2.45) is 9.98 Å². The van der Waals surface area contributed by atoms with Crippen molar-refractivity contribution in [1.82, 2.24) is 10.6 Å². The van der Waals surface area contributed by atoms with Crippen LogP contribution in [0.5, 0.6) is 11.5 Å². The molecule has 0 fully saturated rings. The van der Waals surface area contributed by atoms with Crippen LogP contribution in [0.25, 0.3) is 0 Å². The number of ether oxygens (including phenoxy) is 2. The topological polar surface area (TPSA) is 67.2 Å². The Labute approximate surface area is 190 Å². The normalized spacial score (nSPS) is 14.4. The second-order valence-corrected chi connectivity index (χ2v) is 6.77. The number of aliphatic imine (C=N–C) groups is 2. The van der Waals surface area contributed by atoms with Crippen molar-refractivity contribution in [2.45, 2.75) is 12.8 Å². The van der Waals surface area contributed by atoms with E-state index in [4.69, 9.17) is 9.47 Å². The fourth-order valence-electron chi connectivity index (χ4n) is 3.18. The van der Waals surface area contributed by atoms with Crippen molar-refractivity contribution in [1.29, 1.82) is 0 Å². The van der Waals surface area contributed by atoms with Crippen molar-refractivity contribution >= 4 is 36.5 Å². The average Bonchev–Trinajstić information content (AvgIpc) is 3.46. The highest BCUT2D eigenvalue weighted by Gasteiger charge is 2.08. The summed E-state index contributed by atoms with van der Waals surface area (Å²) in [6.07, 6.45) is 1.91. The van der Waals surface area contributed by atoms with Gasteiger partial charge in [-0.2, -0.15) is 0 Å². The molecule has 6 nitrogen and oxygen atoms in total. The second kappa shape index (κ2) is 12.3. The van der Waals surface area contributed by atoms with E-state index in [9.17, 15) is 0 Å². The average molecular weight is 451 g/mol. The van der Waals surface area contributed by atoms with Crippen LogP contribution in [0, 0.1) is 0 Å². The number of amidine groups is 2. The molecule has 2 N–H and O–H groups in total. The summed E-state index contributed by atoms with van der Waals surface area (Å²) >= 11 is 0. The lowest BCUT2D eigenvalue weighted by atomic mass is 10.2. The van der Waals surface area contributed by atoms with E-state index in [1.54, 1.807) is 0 Å². The van der Waals surface area contributed by atoms with Crippen molar-refractivity contribution in [3.05, 3.63) is 59.7 Å². The van der Waals surface area contributed by atoms with E-state index in [0.29, 0.717) is 13.2 Å². The molecule has 8 heteroatoms. The maximum atomic E-state index is 5.81. The van der Waals surface area contributed by atoms with Crippen molar-refractivity contribution in [3.8, 4) is 11.5 Å². The van der Waals surface area contributed by atoms with E-state index in [2.05, 4.69) is 20.6 Å². The molecule has 2 aliphatic rings. The predicted octanol–water partition coefficient (Wildman–Crippen LogP) is 3.47. The summed E-state index contributed by atoms with van der Waals surface area (Å²) in [5.74, 6) is 3.73. The highest BCUT2D eigenvalue weighted by Crippen LogP contribution is 2.15. The minimum atomic E-state index is 0. The zero-order valence-corrected chi connectivity index (χ0v) is 18.4. The zero-order valence-electron chi connectivity index (χ0n) is 16.8. The summed E-state index contributed by atoms with van der Waals surface area (Å²) in [4.78, 5) is 8.85. The molecule has 0 bridgehead atoms. The monoisotopic (exact) mass is 450 g/mol. The summed E-state index contributed by atoms with van der Waals surface area (Å²) in [6.45, 7) is 4.93. The van der Waals surface area contributed by atoms with Crippen molar-refractivity contribution in [2.75, 3.05) is 39.4 Å². The summed E-state index contributed by atoms with van der Waals surface area (Å²) in [5.41, 5.74) is 2.22. The summed E-state index contributed by atoms with van der Waals surface area (Å²) < 4.78 is 11.6. The fourth-order valence-corrected chi connectivity index (χ4v) is 3.18. The van der Waals surface area contributed by atoms with E-state index in [-0.39, 0.29) is 24.8 Å². The number of unbranched alkanes of at least 4 members (excludes halogenated alkanes) is 1. The highest BCUT2D eigenvalue weighted by molar-refractivity contribution is 6.00. The van der Waals surface area contributed by atoms with Crippen LogP contribution in [0.1, 0.15) is 24.0 Å². The first-order valence-electron chi connectivity index (χ1n) is 9.92. The standard InChI is InChI=1S/C22H26N4O2.2ClH/c1(15-27-19-7-3-17(4-8-19)21-23-11-12-24-21)2-16-28-20-9-5-18(6-10-20)22-25-13-14-26-22;;/h3-10H,1-2,11-16H2,(H,23,24)(H,25,26);2*1H. The van der Waals surface area contributed by atoms with Crippen LogP contribution >= 0.6 is 24.8 Å². The number of nitrogens with zero attached hydrogens (tertiary/aromatic N) is 2. The van der Waals surface area contributed by atoms with Gasteiger partial charge in [-0.3, -0.25) is 9.98 Å². The van der Waals surface area contributed by atoms with E-state index < -0.39 is 0 Å². The third-order valence-electron chi connectivity index (χ3n) is 4.68. The van der Waals surface area contributed by atoms with E-state index in [0.717, 1.165) is 73.3 Å². The minimum absolute atomic E-state index is 0. The van der Waals surface area contributed by atoms with Gasteiger partial charge in [-0.05, 0) is 61.4 Å². The molecule has 0 spiro atoms. The van der Waals surface area contributed by atoms with Gasteiger partial charge in [0.1, 0.15) is 23.2 Å². The number of nitrogens with one attached hydrogen (secondary N) is 2. The largest absolute Gasteiger partial charge is 0.494 e. The van der Waals surface area contributed by atoms with Gasteiger partial charge in [-0.15, -0.1) is 24.8 Å². The van der Waals surface area contributed by atoms with E-state index >= 15 is 0 Å². The lowest BCUT2D eigenvalue weighted by Gasteiger charge is -2.09. The van der Waals surface area contributed by atoms with Crippen LogP contribution < -0.4 is 20.1 Å². The molecule has 0 aromatic heterocycles. The third kappa shape index (κ3) is 6.54. The van der Waals surface area contributed by atoms with Gasteiger partial charge < -0.3 is 20.1 Å². The second-order valence-electron chi connectivity index (χ2n) is 6.77. The highest BCUT2D eigenvalue weighted by atomic mass is 35.5. The molecule has 2 aromatic rings. The van der Waals surface area contributed by atoms with Crippen molar-refractivity contribution in [3.63, 3.8) is 0 Å². The minimum Gasteiger partial charge on any atom is -0.494 e. The Morgan fingerprint density at radius 3 is 1.37 bits per heavy atom. The molecule has 0 atom stereocenters. The Morgan fingerprint density at radius 2 is 1.03 bits per heavy atom. The first-order chi connectivity index (χ1) is 13.9. The molecule has 2 heterocycles. The number of hydrogen-bond acceptors (Lipinski definition) is 6. The van der Waals surface area contributed by atoms with Gasteiger partial charge in [0.05, 0.1) is 26.3 Å². The molecule has 0 saturated carbocycles. The molecule has 0 aliphatic carbocycles. The Hall–Kier alpha value is -2.44. The molecule has 2 aliphatic heterocycles. The SMILES string of the molecule is Cl.Cl.c1cc(C2=NCCN2)ccc1OCCCCOc1ccc(C2=NCCN2)cc1. The molecule has 30 heavy (non-hydrogen) atoms. The maximum Gasteiger partial charge on any atom is 0.128 e. The third-order valence-corrected chi connectivity index (χ3v) is 4.68. The first-order valence-corrected chi connectivity index (χ1v) is 9.92. The van der Waals surface area contributed by atoms with Gasteiger partial charge in [0, 0.05) is 24.2 Å². The van der Waals surface area contributed by atoms with Gasteiger partial charge in [-0.25, -0.2) is 0 Å². The van der Waals surface area contributed by atoms with Crippen LogP contribution in [0.2, 0.25) is 0 Å². The quantitative estimate of drug-likeness (QED) is 0.573. The van der Waals surface area contributed by atoms with E-state index in [1.807, 2.05) is 48.5 Å². The number of rotatable bonds is 9. The predicted molar refractivity (Wildman–Crippen MR) is 126 cm³/mol. The van der Waals surface area contributed by atoms with Crippen LogP contribution in [0.3, 0.4) is 0 Å². The van der Waals surface area contributed by atoms with Crippen molar-refractivity contribution < 1.29 is 9.47 Å². The molecule has 0 saturated heterocycles. The Bertz CT molecular complexity index is 768. The molecule has 4 rings (SSSR count). The first kappa shape index (κ1) is 23.8.